The van der Waals surface area contributed by atoms with E-state index in [2.05, 4.69) is 31.9 Å². The Kier molecular flexibility index (Phi) is 22.6. The molecule has 0 saturated carbocycles. The van der Waals surface area contributed by atoms with E-state index in [0.717, 1.165) is 4.90 Å². The minimum Gasteiger partial charge on any atom is -0.508 e. The number of aliphatic hydroxyl groups is 1. The summed E-state index contributed by atoms with van der Waals surface area (Å²) in [6.07, 6.45) is -1.79. The van der Waals surface area contributed by atoms with Gasteiger partial charge in [0.1, 0.15) is 48.3 Å². The van der Waals surface area contributed by atoms with Crippen molar-refractivity contribution in [2.24, 2.45) is 23.3 Å². The van der Waals surface area contributed by atoms with E-state index >= 15 is 0 Å². The standard InChI is InChI=1S/C42H63N9O15/c1-21(2)14-27(46-36(60)26(43)17-33(44)55)37(61)49-30(16-23-7-10-25(54)11-8-23)42(66)51-13-5-6-32(51)41(65)48-29(18-35(58)59)39(63)47-28(15-22(3)4)38(62)50-31(20-53)40(64)45-24(19-52)9-12-34(56)57/h7-8,10-11,19,21-22,24,26-32,53-54H,5-6,9,12-18,20,43H2,1-4H3,(H2,44,55)(H,45,64)(H,46,60)(H,47,63)(H,48,65)(H,49,61)(H,50,62)(H,56,57)(H,58,59)/t24-,26-,27-,28-,29-,30-,31-,32-/m0/s1. The summed E-state index contributed by atoms with van der Waals surface area (Å²) in [5.74, 6) is -10.7. The summed E-state index contributed by atoms with van der Waals surface area (Å²) in [5, 5.41) is 52.8. The molecule has 8 atom stereocenters. The molecule has 2 rings (SSSR count). The molecule has 1 fully saturated rings. The fraction of sp³-hybridized carbons (Fsp3) is 0.595. The lowest BCUT2D eigenvalue weighted by molar-refractivity contribution is -0.144. The number of hydrogen-bond acceptors (Lipinski definition) is 14. The van der Waals surface area contributed by atoms with E-state index in [4.69, 9.17) is 16.6 Å². The highest BCUT2D eigenvalue weighted by Crippen LogP contribution is 2.21. The van der Waals surface area contributed by atoms with Crippen molar-refractivity contribution in [2.75, 3.05) is 13.2 Å². The molecule has 0 bridgehead atoms. The zero-order valence-corrected chi connectivity index (χ0v) is 37.3. The number of rotatable bonds is 28. The Balaban J connectivity index is 2.36. The first-order chi connectivity index (χ1) is 30.9. The molecule has 24 nitrogen and oxygen atoms in total. The summed E-state index contributed by atoms with van der Waals surface area (Å²) in [4.78, 5) is 142. The number of aliphatic carboxylic acids is 2. The monoisotopic (exact) mass is 933 g/mol. The van der Waals surface area contributed by atoms with Crippen molar-refractivity contribution in [3.8, 4) is 5.75 Å². The molecule has 0 unspecified atom stereocenters. The molecule has 24 heteroatoms. The maximum absolute atomic E-state index is 14.4. The Bertz CT molecular complexity index is 1910. The van der Waals surface area contributed by atoms with Gasteiger partial charge in [-0.2, -0.15) is 0 Å². The van der Waals surface area contributed by atoms with Crippen LogP contribution in [0.4, 0.5) is 0 Å². The van der Waals surface area contributed by atoms with E-state index < -0.39 is 133 Å². The van der Waals surface area contributed by atoms with Crippen molar-refractivity contribution in [3.63, 3.8) is 0 Å². The third-order valence-corrected chi connectivity index (χ3v) is 10.3. The van der Waals surface area contributed by atoms with Gasteiger partial charge in [-0.3, -0.25) is 47.9 Å². The van der Waals surface area contributed by atoms with Crippen LogP contribution in [0.3, 0.4) is 0 Å². The average Bonchev–Trinajstić information content (AvgIpc) is 3.73. The number of hydrogen-bond donors (Lipinski definition) is 12. The van der Waals surface area contributed by atoms with E-state index in [1.54, 1.807) is 27.7 Å². The zero-order valence-electron chi connectivity index (χ0n) is 37.3. The van der Waals surface area contributed by atoms with Crippen LogP contribution in [0, 0.1) is 11.8 Å². The zero-order chi connectivity index (χ0) is 49.8. The molecule has 0 radical (unpaired) electrons. The lowest BCUT2D eigenvalue weighted by Gasteiger charge is -2.31. The minimum absolute atomic E-state index is 0.00776. The number of carboxylic acid groups (broad SMARTS) is 2. The Morgan fingerprint density at radius 1 is 0.712 bits per heavy atom. The van der Waals surface area contributed by atoms with Gasteiger partial charge in [-0.1, -0.05) is 39.8 Å². The normalized spacial score (nSPS) is 16.6. The fourth-order valence-electron chi connectivity index (χ4n) is 6.96. The van der Waals surface area contributed by atoms with Crippen LogP contribution in [0.15, 0.2) is 24.3 Å². The maximum atomic E-state index is 14.4. The topological polar surface area (TPSA) is 396 Å². The number of phenolic OH excluding ortho intramolecular Hbond substituents is 1. The van der Waals surface area contributed by atoms with Crippen LogP contribution in [-0.2, 0) is 59.2 Å². The molecule has 66 heavy (non-hydrogen) atoms. The highest BCUT2D eigenvalue weighted by Gasteiger charge is 2.41. The highest BCUT2D eigenvalue weighted by atomic mass is 16.4. The summed E-state index contributed by atoms with van der Waals surface area (Å²) >= 11 is 0. The number of nitrogens with one attached hydrogen (secondary N) is 6. The fourth-order valence-corrected chi connectivity index (χ4v) is 6.96. The van der Waals surface area contributed by atoms with Gasteiger partial charge in [-0.25, -0.2) is 0 Å². The number of nitrogens with zero attached hydrogens (tertiary/aromatic N) is 1. The van der Waals surface area contributed by atoms with Gasteiger partial charge in [0.15, 0.2) is 0 Å². The second-order valence-electron chi connectivity index (χ2n) is 16.9. The Labute approximate surface area is 380 Å². The Morgan fingerprint density at radius 2 is 1.23 bits per heavy atom. The van der Waals surface area contributed by atoms with Crippen molar-refractivity contribution in [1.29, 1.82) is 0 Å². The Morgan fingerprint density at radius 3 is 1.73 bits per heavy atom. The number of amides is 8. The van der Waals surface area contributed by atoms with Crippen LogP contribution in [-0.4, -0.2) is 152 Å². The summed E-state index contributed by atoms with van der Waals surface area (Å²) < 4.78 is 0. The predicted octanol–water partition coefficient (Wildman–Crippen LogP) is -3.34. The lowest BCUT2D eigenvalue weighted by Crippen LogP contribution is -2.60. The van der Waals surface area contributed by atoms with E-state index in [1.807, 2.05) is 0 Å². The smallest absolute Gasteiger partial charge is 0.305 e. The molecular weight excluding hydrogens is 871 g/mol. The maximum Gasteiger partial charge on any atom is 0.305 e. The largest absolute Gasteiger partial charge is 0.508 e. The van der Waals surface area contributed by atoms with Crippen LogP contribution >= 0.6 is 0 Å². The third-order valence-electron chi connectivity index (χ3n) is 10.3. The van der Waals surface area contributed by atoms with Crippen LogP contribution < -0.4 is 43.4 Å². The van der Waals surface area contributed by atoms with E-state index in [-0.39, 0.29) is 68.9 Å². The molecule has 14 N–H and O–H groups in total. The van der Waals surface area contributed by atoms with Gasteiger partial charge in [-0.15, -0.1) is 0 Å². The lowest BCUT2D eigenvalue weighted by atomic mass is 10.00. The van der Waals surface area contributed by atoms with Crippen LogP contribution in [0.2, 0.25) is 0 Å². The molecule has 1 aliphatic heterocycles. The molecular formula is C42H63N9O15. The summed E-state index contributed by atoms with van der Waals surface area (Å²) in [7, 11) is 0. The number of nitrogens with two attached hydrogens (primary N) is 2. The van der Waals surface area contributed by atoms with E-state index in [0.29, 0.717) is 5.56 Å². The van der Waals surface area contributed by atoms with Crippen LogP contribution in [0.25, 0.3) is 0 Å². The van der Waals surface area contributed by atoms with E-state index in [1.165, 1.54) is 24.3 Å². The molecule has 0 aromatic heterocycles. The number of aliphatic hydroxyl groups excluding tert-OH is 1. The first kappa shape index (κ1) is 55.4. The number of primary amides is 1. The van der Waals surface area contributed by atoms with Crippen molar-refractivity contribution in [3.05, 3.63) is 29.8 Å². The van der Waals surface area contributed by atoms with Gasteiger partial charge < -0.3 is 73.5 Å². The van der Waals surface area contributed by atoms with Gasteiger partial charge in [0.2, 0.25) is 47.3 Å². The number of phenols is 1. The van der Waals surface area contributed by atoms with Gasteiger partial charge in [0, 0.05) is 19.4 Å². The van der Waals surface area contributed by atoms with E-state index in [9.17, 15) is 68.1 Å². The summed E-state index contributed by atoms with van der Waals surface area (Å²) in [5.41, 5.74) is 11.5. The minimum atomic E-state index is -1.82. The van der Waals surface area contributed by atoms with Gasteiger partial charge in [-0.05, 0) is 61.6 Å². The average molecular weight is 934 g/mol. The second-order valence-corrected chi connectivity index (χ2v) is 16.9. The van der Waals surface area contributed by atoms with Crippen molar-refractivity contribution in [2.45, 2.75) is 134 Å². The molecule has 366 valence electrons. The molecule has 1 aliphatic rings. The molecule has 8 amide bonds. The SMILES string of the molecule is CC(C)C[C@H](NC(=O)[C@H](CC(=O)O)NC(=O)[C@@H]1CCCN1C(=O)[C@H](Cc1ccc(O)cc1)NC(=O)[C@H](CC(C)C)NC(=O)[C@@H](N)CC(N)=O)C(=O)N[C@@H](CO)C(=O)N[C@H](C=O)CCC(=O)O. The first-order valence-electron chi connectivity index (χ1n) is 21.4. The quantitative estimate of drug-likeness (QED) is 0.0366. The van der Waals surface area contributed by atoms with Crippen LogP contribution in [0.5, 0.6) is 5.75 Å². The van der Waals surface area contributed by atoms with Gasteiger partial charge in [0.25, 0.3) is 0 Å². The Hall–Kier alpha value is -6.69. The number of carbonyl (C=O) groups excluding carboxylic acids is 9. The van der Waals surface area contributed by atoms with Crippen molar-refractivity contribution < 1.29 is 73.2 Å². The number of aromatic hydroxyl groups is 1. The summed E-state index contributed by atoms with van der Waals surface area (Å²) in [6, 6.07) is -5.76. The molecule has 1 aromatic rings. The van der Waals surface area contributed by atoms with Crippen molar-refractivity contribution in [1.82, 2.24) is 36.8 Å². The molecule has 1 heterocycles. The van der Waals surface area contributed by atoms with Crippen molar-refractivity contribution >= 4 is 65.5 Å². The third kappa shape index (κ3) is 18.8. The molecule has 0 aliphatic carbocycles. The number of aldehydes is 1. The first-order valence-corrected chi connectivity index (χ1v) is 21.4. The van der Waals surface area contributed by atoms with Gasteiger partial charge >= 0.3 is 11.9 Å². The number of carbonyl (C=O) groups is 11. The highest BCUT2D eigenvalue weighted by molar-refractivity contribution is 5.99. The molecule has 1 saturated heterocycles. The van der Waals surface area contributed by atoms with Crippen LogP contribution in [0.1, 0.15) is 84.6 Å². The second kappa shape index (κ2) is 26.9. The summed E-state index contributed by atoms with van der Waals surface area (Å²) in [6.45, 7) is 5.93. The molecule has 0 spiro atoms. The predicted molar refractivity (Wildman–Crippen MR) is 231 cm³/mol. The molecule has 1 aromatic carbocycles. The van der Waals surface area contributed by atoms with Gasteiger partial charge in [0.05, 0.1) is 31.5 Å². The number of benzene rings is 1. The number of carboxylic acids is 2. The number of likely N-dealkylation sites (tertiary alicyclic amines) is 1.